The quantitative estimate of drug-likeness (QED) is 0.885. The first kappa shape index (κ1) is 15.2. The fourth-order valence-electron chi connectivity index (χ4n) is 3.07. The second-order valence-electron chi connectivity index (χ2n) is 6.11. The lowest BCUT2D eigenvalue weighted by atomic mass is 9.97. The number of aryl methyl sites for hydroxylation is 2. The van der Waals surface area contributed by atoms with Gasteiger partial charge in [-0.3, -0.25) is 9.36 Å². The molecular formula is C16H25N5O. The van der Waals surface area contributed by atoms with Gasteiger partial charge in [0.1, 0.15) is 6.10 Å². The van der Waals surface area contributed by atoms with E-state index in [1.54, 1.807) is 0 Å². The van der Waals surface area contributed by atoms with E-state index in [-0.39, 0.29) is 6.10 Å². The van der Waals surface area contributed by atoms with Gasteiger partial charge in [-0.15, -0.1) is 0 Å². The van der Waals surface area contributed by atoms with Crippen LogP contribution in [0, 0.1) is 0 Å². The van der Waals surface area contributed by atoms with Crippen LogP contribution in [0.4, 0.5) is 0 Å². The molecule has 0 spiro atoms. The second-order valence-corrected chi connectivity index (χ2v) is 6.11. The molecule has 6 nitrogen and oxygen atoms in total. The SMILES string of the molecule is C[C@@H](CCn1cccn1)N[C@H]1CCCO[C@@H]1c1cnn(C)c1. The summed E-state index contributed by atoms with van der Waals surface area (Å²) in [6, 6.07) is 2.74. The van der Waals surface area contributed by atoms with Crippen molar-refractivity contribution in [3.05, 3.63) is 36.4 Å². The Morgan fingerprint density at radius 1 is 1.45 bits per heavy atom. The molecule has 1 N–H and O–H groups in total. The summed E-state index contributed by atoms with van der Waals surface area (Å²) in [4.78, 5) is 0. The minimum Gasteiger partial charge on any atom is -0.372 e. The van der Waals surface area contributed by atoms with Gasteiger partial charge in [0, 0.05) is 56.4 Å². The Hall–Kier alpha value is -1.66. The molecule has 0 bridgehead atoms. The highest BCUT2D eigenvalue weighted by Gasteiger charge is 2.29. The van der Waals surface area contributed by atoms with Crippen LogP contribution in [-0.4, -0.2) is 38.3 Å². The molecule has 120 valence electrons. The minimum absolute atomic E-state index is 0.106. The normalized spacial score (nSPS) is 23.5. The van der Waals surface area contributed by atoms with Crippen molar-refractivity contribution in [3.63, 3.8) is 0 Å². The van der Waals surface area contributed by atoms with E-state index in [9.17, 15) is 0 Å². The molecule has 0 saturated carbocycles. The third-order valence-electron chi connectivity index (χ3n) is 4.22. The second kappa shape index (κ2) is 7.07. The van der Waals surface area contributed by atoms with E-state index in [1.165, 1.54) is 5.56 Å². The van der Waals surface area contributed by atoms with Gasteiger partial charge in [-0.25, -0.2) is 0 Å². The third-order valence-corrected chi connectivity index (χ3v) is 4.22. The zero-order valence-electron chi connectivity index (χ0n) is 13.4. The minimum atomic E-state index is 0.106. The predicted molar refractivity (Wildman–Crippen MR) is 84.4 cm³/mol. The molecule has 2 aromatic heterocycles. The summed E-state index contributed by atoms with van der Waals surface area (Å²) in [6.45, 7) is 4.00. The first-order valence-corrected chi connectivity index (χ1v) is 8.06. The van der Waals surface area contributed by atoms with Crippen LogP contribution in [0.25, 0.3) is 0 Å². The van der Waals surface area contributed by atoms with E-state index in [2.05, 4.69) is 28.6 Å². The van der Waals surface area contributed by atoms with E-state index in [0.29, 0.717) is 12.1 Å². The van der Waals surface area contributed by atoms with Crippen LogP contribution >= 0.6 is 0 Å². The molecule has 3 atom stereocenters. The van der Waals surface area contributed by atoms with Crippen LogP contribution in [0.5, 0.6) is 0 Å². The van der Waals surface area contributed by atoms with Crippen LogP contribution in [-0.2, 0) is 18.3 Å². The van der Waals surface area contributed by atoms with Crippen LogP contribution in [0.2, 0.25) is 0 Å². The Kier molecular flexibility index (Phi) is 4.90. The fraction of sp³-hybridized carbons (Fsp3) is 0.625. The zero-order chi connectivity index (χ0) is 15.4. The number of nitrogens with zero attached hydrogens (tertiary/aromatic N) is 4. The van der Waals surface area contributed by atoms with Gasteiger partial charge in [-0.2, -0.15) is 10.2 Å². The summed E-state index contributed by atoms with van der Waals surface area (Å²) in [6.07, 6.45) is 11.2. The van der Waals surface area contributed by atoms with Crippen LogP contribution in [0.1, 0.15) is 37.9 Å². The molecule has 6 heteroatoms. The predicted octanol–water partition coefficient (Wildman–Crippen LogP) is 1.91. The molecular weight excluding hydrogens is 278 g/mol. The number of nitrogens with one attached hydrogen (secondary N) is 1. The fourth-order valence-corrected chi connectivity index (χ4v) is 3.07. The number of rotatable bonds is 6. The first-order valence-electron chi connectivity index (χ1n) is 8.06. The highest BCUT2D eigenvalue weighted by molar-refractivity contribution is 5.12. The molecule has 0 radical (unpaired) electrons. The summed E-state index contributed by atoms with van der Waals surface area (Å²) < 4.78 is 9.83. The molecule has 3 heterocycles. The van der Waals surface area contributed by atoms with Crippen molar-refractivity contribution in [2.75, 3.05) is 6.61 Å². The Balaban J connectivity index is 1.56. The Labute approximate surface area is 131 Å². The van der Waals surface area contributed by atoms with Crippen molar-refractivity contribution in [3.8, 4) is 0 Å². The zero-order valence-corrected chi connectivity index (χ0v) is 13.4. The molecule has 1 saturated heterocycles. The smallest absolute Gasteiger partial charge is 0.101 e. The van der Waals surface area contributed by atoms with Crippen molar-refractivity contribution < 1.29 is 4.74 Å². The topological polar surface area (TPSA) is 56.9 Å². The van der Waals surface area contributed by atoms with Crippen molar-refractivity contribution >= 4 is 0 Å². The summed E-state index contributed by atoms with van der Waals surface area (Å²) in [5.74, 6) is 0. The molecule has 1 fully saturated rings. The van der Waals surface area contributed by atoms with Crippen molar-refractivity contribution in [1.29, 1.82) is 0 Å². The molecule has 0 unspecified atom stereocenters. The average Bonchev–Trinajstić information content (AvgIpc) is 3.17. The standard InChI is InChI=1S/C16H25N5O/c1-13(6-9-21-8-4-7-17-21)19-15-5-3-10-22-16(15)14-11-18-20(2)12-14/h4,7-8,11-13,15-16,19H,3,5-6,9-10H2,1-2H3/t13-,15-,16+/m0/s1. The molecule has 1 aliphatic heterocycles. The molecule has 0 amide bonds. The van der Waals surface area contributed by atoms with Gasteiger partial charge in [-0.05, 0) is 32.3 Å². The molecule has 1 aliphatic rings. The van der Waals surface area contributed by atoms with Gasteiger partial charge in [0.15, 0.2) is 0 Å². The number of hydrogen-bond acceptors (Lipinski definition) is 4. The summed E-state index contributed by atoms with van der Waals surface area (Å²) >= 11 is 0. The monoisotopic (exact) mass is 303 g/mol. The largest absolute Gasteiger partial charge is 0.372 e. The van der Waals surface area contributed by atoms with Gasteiger partial charge < -0.3 is 10.1 Å². The van der Waals surface area contributed by atoms with Crippen LogP contribution in [0.3, 0.4) is 0 Å². The van der Waals surface area contributed by atoms with E-state index in [4.69, 9.17) is 4.74 Å². The van der Waals surface area contributed by atoms with E-state index in [0.717, 1.165) is 32.4 Å². The maximum absolute atomic E-state index is 6.01. The average molecular weight is 303 g/mol. The van der Waals surface area contributed by atoms with Gasteiger partial charge >= 0.3 is 0 Å². The Morgan fingerprint density at radius 2 is 2.36 bits per heavy atom. The van der Waals surface area contributed by atoms with Gasteiger partial charge in [0.2, 0.25) is 0 Å². The highest BCUT2D eigenvalue weighted by Crippen LogP contribution is 2.28. The van der Waals surface area contributed by atoms with Crippen molar-refractivity contribution in [2.24, 2.45) is 7.05 Å². The summed E-state index contributed by atoms with van der Waals surface area (Å²) in [5.41, 5.74) is 1.17. The first-order chi connectivity index (χ1) is 10.7. The summed E-state index contributed by atoms with van der Waals surface area (Å²) in [7, 11) is 1.95. The van der Waals surface area contributed by atoms with Gasteiger partial charge in [0.25, 0.3) is 0 Å². The lowest BCUT2D eigenvalue weighted by Crippen LogP contribution is -2.44. The molecule has 22 heavy (non-hydrogen) atoms. The van der Waals surface area contributed by atoms with Crippen LogP contribution < -0.4 is 5.32 Å². The van der Waals surface area contributed by atoms with Crippen LogP contribution in [0.15, 0.2) is 30.9 Å². The Bertz CT molecular complexity index is 565. The Morgan fingerprint density at radius 3 is 3.09 bits per heavy atom. The van der Waals surface area contributed by atoms with Crippen molar-refractivity contribution in [1.82, 2.24) is 24.9 Å². The van der Waals surface area contributed by atoms with E-state index < -0.39 is 0 Å². The lowest BCUT2D eigenvalue weighted by Gasteiger charge is -2.34. The van der Waals surface area contributed by atoms with Gasteiger partial charge in [0.05, 0.1) is 6.20 Å². The third kappa shape index (κ3) is 3.75. The summed E-state index contributed by atoms with van der Waals surface area (Å²) in [5, 5.41) is 12.3. The van der Waals surface area contributed by atoms with Crippen molar-refractivity contribution in [2.45, 2.75) is 50.9 Å². The maximum Gasteiger partial charge on any atom is 0.101 e. The number of hydrogen-bond donors (Lipinski definition) is 1. The lowest BCUT2D eigenvalue weighted by molar-refractivity contribution is -0.0137. The van der Waals surface area contributed by atoms with E-state index >= 15 is 0 Å². The highest BCUT2D eigenvalue weighted by atomic mass is 16.5. The molecule has 0 aliphatic carbocycles. The molecule has 3 rings (SSSR count). The number of aromatic nitrogens is 4. The maximum atomic E-state index is 6.01. The molecule has 0 aromatic carbocycles. The number of ether oxygens (including phenoxy) is 1. The molecule has 2 aromatic rings. The van der Waals surface area contributed by atoms with Gasteiger partial charge in [-0.1, -0.05) is 0 Å². The van der Waals surface area contributed by atoms with E-state index in [1.807, 2.05) is 41.1 Å².